The van der Waals surface area contributed by atoms with E-state index in [-0.39, 0.29) is 5.91 Å². The fourth-order valence-corrected chi connectivity index (χ4v) is 1.66. The first-order valence-electron chi connectivity index (χ1n) is 6.45. The van der Waals surface area contributed by atoms with Gasteiger partial charge in [0.2, 0.25) is 5.91 Å². The second kappa shape index (κ2) is 10.3. The molecular formula is C12H25N3OS. The van der Waals surface area contributed by atoms with E-state index in [1.807, 2.05) is 18.7 Å². The van der Waals surface area contributed by atoms with Gasteiger partial charge in [-0.3, -0.25) is 4.79 Å². The van der Waals surface area contributed by atoms with Gasteiger partial charge in [0.25, 0.3) is 0 Å². The average molecular weight is 259 g/mol. The van der Waals surface area contributed by atoms with Crippen LogP contribution in [-0.2, 0) is 4.79 Å². The van der Waals surface area contributed by atoms with Crippen LogP contribution in [0.1, 0.15) is 40.0 Å². The van der Waals surface area contributed by atoms with Gasteiger partial charge in [-0.05, 0) is 32.5 Å². The minimum atomic E-state index is 0.179. The molecule has 0 saturated heterocycles. The zero-order chi connectivity index (χ0) is 13.1. The predicted molar refractivity (Wildman–Crippen MR) is 76.1 cm³/mol. The Balaban J connectivity index is 3.61. The lowest BCUT2D eigenvalue weighted by molar-refractivity contribution is -0.130. The van der Waals surface area contributed by atoms with Gasteiger partial charge in [-0.2, -0.15) is 0 Å². The van der Waals surface area contributed by atoms with Crippen LogP contribution in [0.5, 0.6) is 0 Å². The molecule has 100 valence electrons. The van der Waals surface area contributed by atoms with Crippen molar-refractivity contribution in [2.24, 2.45) is 0 Å². The molecule has 0 rings (SSSR count). The Labute approximate surface area is 110 Å². The van der Waals surface area contributed by atoms with E-state index in [9.17, 15) is 4.79 Å². The van der Waals surface area contributed by atoms with Gasteiger partial charge >= 0.3 is 0 Å². The lowest BCUT2D eigenvalue weighted by Crippen LogP contribution is -2.39. The summed E-state index contributed by atoms with van der Waals surface area (Å²) in [5.74, 6) is 0.179. The molecule has 17 heavy (non-hydrogen) atoms. The summed E-state index contributed by atoms with van der Waals surface area (Å²) in [6.07, 6.45) is 2.76. The SMILES string of the molecule is CCCCNC(=S)NCCC(=O)N(CC)CC. The van der Waals surface area contributed by atoms with Gasteiger partial charge in [0.05, 0.1) is 0 Å². The Morgan fingerprint density at radius 3 is 2.24 bits per heavy atom. The van der Waals surface area contributed by atoms with Crippen LogP contribution in [0.4, 0.5) is 0 Å². The second-order valence-electron chi connectivity index (χ2n) is 3.85. The van der Waals surface area contributed by atoms with Crippen molar-refractivity contribution in [3.05, 3.63) is 0 Å². The van der Waals surface area contributed by atoms with Crippen LogP contribution in [0.15, 0.2) is 0 Å². The summed E-state index contributed by atoms with van der Waals surface area (Å²) >= 11 is 5.09. The molecule has 0 spiro atoms. The molecule has 0 aliphatic rings. The van der Waals surface area contributed by atoms with Crippen molar-refractivity contribution >= 4 is 23.2 Å². The largest absolute Gasteiger partial charge is 0.363 e. The Hall–Kier alpha value is -0.840. The van der Waals surface area contributed by atoms with Crippen LogP contribution in [0.25, 0.3) is 0 Å². The molecule has 0 aliphatic heterocycles. The van der Waals surface area contributed by atoms with Gasteiger partial charge in [0.1, 0.15) is 0 Å². The molecule has 0 aromatic carbocycles. The molecule has 0 unspecified atom stereocenters. The zero-order valence-electron chi connectivity index (χ0n) is 11.2. The van der Waals surface area contributed by atoms with Crippen molar-refractivity contribution in [1.29, 1.82) is 0 Å². The monoisotopic (exact) mass is 259 g/mol. The van der Waals surface area contributed by atoms with E-state index >= 15 is 0 Å². The van der Waals surface area contributed by atoms with E-state index in [1.54, 1.807) is 0 Å². The first kappa shape index (κ1) is 16.2. The van der Waals surface area contributed by atoms with Crippen molar-refractivity contribution in [3.8, 4) is 0 Å². The number of carbonyl (C=O) groups excluding carboxylic acids is 1. The quantitative estimate of drug-likeness (QED) is 0.512. The number of thiocarbonyl (C=S) groups is 1. The normalized spacial score (nSPS) is 9.82. The van der Waals surface area contributed by atoms with E-state index in [1.165, 1.54) is 0 Å². The topological polar surface area (TPSA) is 44.4 Å². The van der Waals surface area contributed by atoms with Gasteiger partial charge in [-0.15, -0.1) is 0 Å². The second-order valence-corrected chi connectivity index (χ2v) is 4.26. The number of rotatable bonds is 8. The number of carbonyl (C=O) groups is 1. The summed E-state index contributed by atoms with van der Waals surface area (Å²) in [6, 6.07) is 0. The molecule has 0 bridgehead atoms. The average Bonchev–Trinajstić information content (AvgIpc) is 2.31. The first-order chi connectivity index (χ1) is 8.15. The van der Waals surface area contributed by atoms with E-state index < -0.39 is 0 Å². The highest BCUT2D eigenvalue weighted by molar-refractivity contribution is 7.80. The van der Waals surface area contributed by atoms with Crippen LogP contribution in [0.2, 0.25) is 0 Å². The van der Waals surface area contributed by atoms with Crippen LogP contribution >= 0.6 is 12.2 Å². The summed E-state index contributed by atoms with van der Waals surface area (Å²) < 4.78 is 0. The minimum Gasteiger partial charge on any atom is -0.363 e. The molecule has 0 aliphatic carbocycles. The van der Waals surface area contributed by atoms with Crippen LogP contribution in [-0.4, -0.2) is 42.1 Å². The molecular weight excluding hydrogens is 234 g/mol. The van der Waals surface area contributed by atoms with Crippen LogP contribution in [0, 0.1) is 0 Å². The lowest BCUT2D eigenvalue weighted by Gasteiger charge is -2.18. The summed E-state index contributed by atoms with van der Waals surface area (Å²) in [6.45, 7) is 9.17. The standard InChI is InChI=1S/C12H25N3OS/c1-4-7-9-13-12(17)14-10-8-11(16)15(5-2)6-3/h4-10H2,1-3H3,(H2,13,14,17). The molecule has 0 heterocycles. The summed E-state index contributed by atoms with van der Waals surface area (Å²) in [4.78, 5) is 13.5. The molecule has 2 N–H and O–H groups in total. The third kappa shape index (κ3) is 7.96. The van der Waals surface area contributed by atoms with Crippen molar-refractivity contribution < 1.29 is 4.79 Å². The number of hydrogen-bond acceptors (Lipinski definition) is 2. The Kier molecular flexibility index (Phi) is 9.81. The Morgan fingerprint density at radius 2 is 1.71 bits per heavy atom. The molecule has 0 saturated carbocycles. The summed E-state index contributed by atoms with van der Waals surface area (Å²) in [5, 5.41) is 6.80. The van der Waals surface area contributed by atoms with Gasteiger partial charge in [-0.1, -0.05) is 13.3 Å². The summed E-state index contributed by atoms with van der Waals surface area (Å²) in [5.41, 5.74) is 0. The highest BCUT2D eigenvalue weighted by Crippen LogP contribution is 1.92. The van der Waals surface area contributed by atoms with Gasteiger partial charge in [0, 0.05) is 32.6 Å². The summed E-state index contributed by atoms with van der Waals surface area (Å²) in [7, 11) is 0. The van der Waals surface area contributed by atoms with E-state index in [0.717, 1.165) is 32.5 Å². The highest BCUT2D eigenvalue weighted by atomic mass is 32.1. The maximum Gasteiger partial charge on any atom is 0.224 e. The van der Waals surface area contributed by atoms with Crippen molar-refractivity contribution in [1.82, 2.24) is 15.5 Å². The Morgan fingerprint density at radius 1 is 1.12 bits per heavy atom. The lowest BCUT2D eigenvalue weighted by atomic mass is 10.3. The number of amides is 1. The fourth-order valence-electron chi connectivity index (χ4n) is 1.46. The number of nitrogens with zero attached hydrogens (tertiary/aromatic N) is 1. The molecule has 0 fully saturated rings. The van der Waals surface area contributed by atoms with Gasteiger partial charge in [-0.25, -0.2) is 0 Å². The van der Waals surface area contributed by atoms with E-state index in [2.05, 4.69) is 17.6 Å². The molecule has 1 amide bonds. The van der Waals surface area contributed by atoms with Gasteiger partial charge < -0.3 is 15.5 Å². The third-order valence-corrected chi connectivity index (χ3v) is 2.85. The predicted octanol–water partition coefficient (Wildman–Crippen LogP) is 1.51. The highest BCUT2D eigenvalue weighted by Gasteiger charge is 2.08. The maximum atomic E-state index is 11.7. The van der Waals surface area contributed by atoms with E-state index in [0.29, 0.717) is 18.1 Å². The molecule has 0 atom stereocenters. The first-order valence-corrected chi connectivity index (χ1v) is 6.85. The number of unbranched alkanes of at least 4 members (excludes halogenated alkanes) is 1. The molecule has 0 aromatic rings. The number of hydrogen-bond donors (Lipinski definition) is 2. The smallest absolute Gasteiger partial charge is 0.224 e. The van der Waals surface area contributed by atoms with Gasteiger partial charge in [0.15, 0.2) is 5.11 Å². The fraction of sp³-hybridized carbons (Fsp3) is 0.833. The molecule has 4 nitrogen and oxygen atoms in total. The minimum absolute atomic E-state index is 0.179. The van der Waals surface area contributed by atoms with Crippen molar-refractivity contribution in [3.63, 3.8) is 0 Å². The van der Waals surface area contributed by atoms with Crippen LogP contribution < -0.4 is 10.6 Å². The van der Waals surface area contributed by atoms with E-state index in [4.69, 9.17) is 12.2 Å². The maximum absolute atomic E-state index is 11.7. The van der Waals surface area contributed by atoms with Crippen molar-refractivity contribution in [2.75, 3.05) is 26.2 Å². The molecule has 0 radical (unpaired) electrons. The number of nitrogens with one attached hydrogen (secondary N) is 2. The zero-order valence-corrected chi connectivity index (χ0v) is 12.0. The van der Waals surface area contributed by atoms with Crippen LogP contribution in [0.3, 0.4) is 0 Å². The molecule has 0 aromatic heterocycles. The van der Waals surface area contributed by atoms with Crippen molar-refractivity contribution in [2.45, 2.75) is 40.0 Å². The Bertz CT molecular complexity index is 230. The molecule has 5 heteroatoms. The third-order valence-electron chi connectivity index (χ3n) is 2.56.